The molecule has 0 atom stereocenters. The first-order chi connectivity index (χ1) is 7.15. The van der Waals surface area contributed by atoms with Gasteiger partial charge < -0.3 is 4.74 Å². The Labute approximate surface area is 90.1 Å². The molecular weight excluding hydrogens is 192 g/mol. The van der Waals surface area contributed by atoms with Gasteiger partial charge in [-0.25, -0.2) is 0 Å². The molecule has 0 saturated carbocycles. The minimum atomic E-state index is -0.373. The van der Waals surface area contributed by atoms with Gasteiger partial charge in [0.15, 0.2) is 5.78 Å². The van der Waals surface area contributed by atoms with Crippen molar-refractivity contribution in [3.05, 3.63) is 36.5 Å². The zero-order chi connectivity index (χ0) is 11.7. The second kappa shape index (κ2) is 7.74. The van der Waals surface area contributed by atoms with Gasteiger partial charge in [0.2, 0.25) is 0 Å². The van der Waals surface area contributed by atoms with Crippen molar-refractivity contribution in [1.82, 2.24) is 0 Å². The number of methoxy groups -OCH3 is 1. The van der Waals surface area contributed by atoms with E-state index in [0.29, 0.717) is 5.57 Å². The van der Waals surface area contributed by atoms with E-state index in [0.717, 1.165) is 0 Å². The monoisotopic (exact) mass is 208 g/mol. The molecule has 0 aliphatic carbocycles. The summed E-state index contributed by atoms with van der Waals surface area (Å²) in [6.45, 7) is 5.35. The third-order valence-electron chi connectivity index (χ3n) is 1.75. The average Bonchev–Trinajstić information content (AvgIpc) is 2.25. The molecule has 0 aromatic rings. The van der Waals surface area contributed by atoms with Gasteiger partial charge in [-0.15, -0.1) is 0 Å². The van der Waals surface area contributed by atoms with E-state index in [2.05, 4.69) is 11.3 Å². The van der Waals surface area contributed by atoms with Crippen molar-refractivity contribution >= 4 is 11.8 Å². The van der Waals surface area contributed by atoms with Gasteiger partial charge in [-0.1, -0.05) is 30.9 Å². The molecule has 0 amide bonds. The van der Waals surface area contributed by atoms with Gasteiger partial charge in [0.1, 0.15) is 0 Å². The second-order valence-corrected chi connectivity index (χ2v) is 2.86. The Kier molecular flexibility index (Phi) is 6.89. The molecule has 3 nitrogen and oxygen atoms in total. The molecule has 0 rings (SSSR count). The van der Waals surface area contributed by atoms with Crippen molar-refractivity contribution in [3.8, 4) is 0 Å². The Morgan fingerprint density at radius 1 is 1.33 bits per heavy atom. The summed E-state index contributed by atoms with van der Waals surface area (Å²) in [5.41, 5.74) is 0.552. The first-order valence-electron chi connectivity index (χ1n) is 4.71. The van der Waals surface area contributed by atoms with Gasteiger partial charge in [0, 0.05) is 12.0 Å². The lowest BCUT2D eigenvalue weighted by Gasteiger charge is -2.00. The van der Waals surface area contributed by atoms with Crippen molar-refractivity contribution < 1.29 is 14.3 Å². The number of Topliss-reactive ketones (excluding diaryl/α,β-unsaturated/α-hetero) is 1. The predicted molar refractivity (Wildman–Crippen MR) is 59.4 cm³/mol. The molecule has 0 spiro atoms. The highest BCUT2D eigenvalue weighted by Gasteiger charge is 2.09. The Morgan fingerprint density at radius 2 is 2.00 bits per heavy atom. The summed E-state index contributed by atoms with van der Waals surface area (Å²) in [6, 6.07) is 0. The van der Waals surface area contributed by atoms with Crippen LogP contribution < -0.4 is 0 Å². The number of ether oxygens (including phenoxy) is 1. The number of rotatable bonds is 6. The Balaban J connectivity index is 4.34. The van der Waals surface area contributed by atoms with Crippen LogP contribution >= 0.6 is 0 Å². The lowest BCUT2D eigenvalue weighted by molar-refractivity contribution is -0.141. The zero-order valence-corrected chi connectivity index (χ0v) is 9.16. The van der Waals surface area contributed by atoms with E-state index >= 15 is 0 Å². The summed E-state index contributed by atoms with van der Waals surface area (Å²) >= 11 is 0. The van der Waals surface area contributed by atoms with Gasteiger partial charge in [-0.05, 0) is 6.92 Å². The predicted octanol–water partition coefficient (Wildman–Crippen LogP) is 2.20. The molecule has 0 aromatic carbocycles. The van der Waals surface area contributed by atoms with Crippen molar-refractivity contribution in [2.75, 3.05) is 7.11 Å². The fraction of sp³-hybridized carbons (Fsp3) is 0.333. The Bertz CT molecular complexity index is 298. The molecule has 0 radical (unpaired) electrons. The molecule has 0 saturated heterocycles. The Morgan fingerprint density at radius 3 is 2.47 bits per heavy atom. The summed E-state index contributed by atoms with van der Waals surface area (Å²) in [4.78, 5) is 22.4. The standard InChI is InChI=1S/C12H16O3/c1-4-6-10(7-5-2)11(13)8-9-12(14)15-3/h4-7H,1,8-9H2,2-3H3/b7-5-,10-6+. The van der Waals surface area contributed by atoms with E-state index in [4.69, 9.17) is 0 Å². The number of hydrogen-bond donors (Lipinski definition) is 0. The molecule has 0 aliphatic heterocycles. The molecule has 15 heavy (non-hydrogen) atoms. The highest BCUT2D eigenvalue weighted by atomic mass is 16.5. The van der Waals surface area contributed by atoms with Gasteiger partial charge in [0.25, 0.3) is 0 Å². The third kappa shape index (κ3) is 5.62. The molecule has 0 N–H and O–H groups in total. The van der Waals surface area contributed by atoms with E-state index in [1.54, 1.807) is 24.3 Å². The molecule has 82 valence electrons. The maximum absolute atomic E-state index is 11.6. The van der Waals surface area contributed by atoms with Crippen molar-refractivity contribution in [3.63, 3.8) is 0 Å². The minimum Gasteiger partial charge on any atom is -0.469 e. The maximum Gasteiger partial charge on any atom is 0.305 e. The third-order valence-corrected chi connectivity index (χ3v) is 1.75. The summed E-state index contributed by atoms with van der Waals surface area (Å²) in [5.74, 6) is -0.458. The van der Waals surface area contributed by atoms with Crippen molar-refractivity contribution in [2.45, 2.75) is 19.8 Å². The van der Waals surface area contributed by atoms with Crippen LogP contribution in [0.4, 0.5) is 0 Å². The van der Waals surface area contributed by atoms with Crippen LogP contribution in [0.15, 0.2) is 36.5 Å². The molecule has 0 aromatic heterocycles. The Hall–Kier alpha value is -1.64. The molecule has 0 aliphatic rings. The molecule has 0 fully saturated rings. The van der Waals surface area contributed by atoms with Crippen LogP contribution in [0.25, 0.3) is 0 Å². The van der Waals surface area contributed by atoms with Crippen LogP contribution in [0.2, 0.25) is 0 Å². The van der Waals surface area contributed by atoms with Gasteiger partial charge in [0.05, 0.1) is 13.5 Å². The van der Waals surface area contributed by atoms with Crippen LogP contribution in [0.3, 0.4) is 0 Å². The van der Waals surface area contributed by atoms with Crippen LogP contribution in [0.5, 0.6) is 0 Å². The van der Waals surface area contributed by atoms with E-state index in [1.165, 1.54) is 7.11 Å². The number of carbonyl (C=O) groups excluding carboxylic acids is 2. The van der Waals surface area contributed by atoms with Gasteiger partial charge >= 0.3 is 5.97 Å². The number of allylic oxidation sites excluding steroid dienone is 5. The van der Waals surface area contributed by atoms with Crippen molar-refractivity contribution in [2.24, 2.45) is 0 Å². The maximum atomic E-state index is 11.6. The summed E-state index contributed by atoms with van der Waals surface area (Å²) < 4.78 is 4.45. The highest BCUT2D eigenvalue weighted by Crippen LogP contribution is 2.05. The zero-order valence-electron chi connectivity index (χ0n) is 9.16. The largest absolute Gasteiger partial charge is 0.469 e. The van der Waals surface area contributed by atoms with Gasteiger partial charge in [-0.2, -0.15) is 0 Å². The number of hydrogen-bond acceptors (Lipinski definition) is 3. The fourth-order valence-corrected chi connectivity index (χ4v) is 1.01. The molecular formula is C12H16O3. The number of ketones is 1. The quantitative estimate of drug-likeness (QED) is 0.382. The SMILES string of the molecule is C=C/C=C(\C=C/C)C(=O)CCC(=O)OC. The smallest absolute Gasteiger partial charge is 0.305 e. The van der Waals surface area contributed by atoms with Crippen LogP contribution in [0, 0.1) is 0 Å². The van der Waals surface area contributed by atoms with E-state index in [-0.39, 0.29) is 24.6 Å². The lowest BCUT2D eigenvalue weighted by Crippen LogP contribution is -2.06. The summed E-state index contributed by atoms with van der Waals surface area (Å²) in [7, 11) is 1.30. The number of carbonyl (C=O) groups is 2. The molecule has 3 heteroatoms. The first-order valence-corrected chi connectivity index (χ1v) is 4.71. The average molecular weight is 208 g/mol. The molecule has 0 unspecified atom stereocenters. The molecule has 0 heterocycles. The van der Waals surface area contributed by atoms with E-state index in [9.17, 15) is 9.59 Å². The number of esters is 1. The van der Waals surface area contributed by atoms with Gasteiger partial charge in [-0.3, -0.25) is 9.59 Å². The summed E-state index contributed by atoms with van der Waals surface area (Å²) in [6.07, 6.45) is 6.91. The summed E-state index contributed by atoms with van der Waals surface area (Å²) in [5, 5.41) is 0. The van der Waals surface area contributed by atoms with Crippen LogP contribution in [0.1, 0.15) is 19.8 Å². The van der Waals surface area contributed by atoms with Crippen molar-refractivity contribution in [1.29, 1.82) is 0 Å². The van der Waals surface area contributed by atoms with Crippen LogP contribution in [-0.2, 0) is 14.3 Å². The van der Waals surface area contributed by atoms with Crippen LogP contribution in [-0.4, -0.2) is 18.9 Å². The first kappa shape index (κ1) is 13.4. The van der Waals surface area contributed by atoms with E-state index in [1.807, 2.05) is 6.92 Å². The topological polar surface area (TPSA) is 43.4 Å². The normalized spacial score (nSPS) is 11.5. The second-order valence-electron chi connectivity index (χ2n) is 2.86. The lowest BCUT2D eigenvalue weighted by atomic mass is 10.1. The minimum absolute atomic E-state index is 0.0848. The molecule has 0 bridgehead atoms. The van der Waals surface area contributed by atoms with E-state index < -0.39 is 0 Å². The fourth-order valence-electron chi connectivity index (χ4n) is 1.01. The highest BCUT2D eigenvalue weighted by molar-refractivity contribution is 5.99.